The van der Waals surface area contributed by atoms with Crippen LogP contribution in [0.25, 0.3) is 0 Å². The normalized spacial score (nSPS) is 27.7. The standard InChI is InChI=1S/C13H20/c1-2-4-6-8-10-12-13-11-9-7-5-3-1/h1-6H,7-13H2/b2-1+,5-3-,6-4-. The molecule has 0 heteroatoms. The number of rotatable bonds is 0. The van der Waals surface area contributed by atoms with Crippen molar-refractivity contribution >= 4 is 0 Å². The fraction of sp³-hybridized carbons (Fsp3) is 0.538. The van der Waals surface area contributed by atoms with Crippen molar-refractivity contribution in [3.63, 3.8) is 0 Å². The van der Waals surface area contributed by atoms with Crippen LogP contribution >= 0.6 is 0 Å². The molecule has 0 bridgehead atoms. The summed E-state index contributed by atoms with van der Waals surface area (Å²) >= 11 is 0. The second-order valence-electron chi connectivity index (χ2n) is 3.59. The maximum absolute atomic E-state index is 2.27. The summed E-state index contributed by atoms with van der Waals surface area (Å²) in [6.07, 6.45) is 22.5. The van der Waals surface area contributed by atoms with Crippen molar-refractivity contribution in [2.75, 3.05) is 0 Å². The van der Waals surface area contributed by atoms with Gasteiger partial charge in [0.1, 0.15) is 0 Å². The van der Waals surface area contributed by atoms with E-state index in [4.69, 9.17) is 0 Å². The fourth-order valence-electron chi connectivity index (χ4n) is 1.53. The minimum Gasteiger partial charge on any atom is -0.0845 e. The van der Waals surface area contributed by atoms with Gasteiger partial charge in [-0.2, -0.15) is 0 Å². The highest BCUT2D eigenvalue weighted by atomic mass is 13.9. The first-order valence-corrected chi connectivity index (χ1v) is 5.48. The fourth-order valence-corrected chi connectivity index (χ4v) is 1.53. The predicted octanol–water partition coefficient (Wildman–Crippen LogP) is 4.40. The minimum absolute atomic E-state index is 1.24. The van der Waals surface area contributed by atoms with Crippen LogP contribution < -0.4 is 0 Å². The van der Waals surface area contributed by atoms with Crippen molar-refractivity contribution in [2.24, 2.45) is 0 Å². The molecular formula is C13H20. The average molecular weight is 176 g/mol. The van der Waals surface area contributed by atoms with Crippen molar-refractivity contribution in [2.45, 2.75) is 44.9 Å². The molecule has 72 valence electrons. The van der Waals surface area contributed by atoms with E-state index in [2.05, 4.69) is 36.5 Å². The SMILES string of the molecule is C1=C\CCCCCCC\C=C/C=C/1. The number of allylic oxidation sites excluding steroid dienone is 6. The summed E-state index contributed by atoms with van der Waals surface area (Å²) in [5.74, 6) is 0. The maximum Gasteiger partial charge on any atom is -0.0348 e. The first-order chi connectivity index (χ1) is 6.50. The van der Waals surface area contributed by atoms with Crippen LogP contribution in [0.2, 0.25) is 0 Å². The lowest BCUT2D eigenvalue weighted by molar-refractivity contribution is 0.622. The van der Waals surface area contributed by atoms with E-state index in [0.29, 0.717) is 0 Å². The summed E-state index contributed by atoms with van der Waals surface area (Å²) in [5, 5.41) is 0. The summed E-state index contributed by atoms with van der Waals surface area (Å²) in [7, 11) is 0. The molecule has 0 saturated heterocycles. The lowest BCUT2D eigenvalue weighted by Gasteiger charge is -1.97. The smallest absolute Gasteiger partial charge is 0.0348 e. The average Bonchev–Trinajstić information content (AvgIpc) is 2.18. The van der Waals surface area contributed by atoms with Gasteiger partial charge in [-0.25, -0.2) is 0 Å². The van der Waals surface area contributed by atoms with Crippen molar-refractivity contribution in [3.8, 4) is 0 Å². The van der Waals surface area contributed by atoms with Gasteiger partial charge in [-0.1, -0.05) is 55.7 Å². The molecule has 0 N–H and O–H groups in total. The molecule has 0 unspecified atom stereocenters. The van der Waals surface area contributed by atoms with Gasteiger partial charge in [0, 0.05) is 0 Å². The molecule has 0 aliphatic heterocycles. The molecule has 0 atom stereocenters. The molecule has 0 nitrogen and oxygen atoms in total. The van der Waals surface area contributed by atoms with Crippen LogP contribution in [-0.4, -0.2) is 0 Å². The van der Waals surface area contributed by atoms with Gasteiger partial charge in [-0.15, -0.1) is 0 Å². The van der Waals surface area contributed by atoms with Crippen LogP contribution in [0.15, 0.2) is 36.5 Å². The summed E-state index contributed by atoms with van der Waals surface area (Å²) in [4.78, 5) is 0. The molecule has 0 aromatic heterocycles. The van der Waals surface area contributed by atoms with Gasteiger partial charge < -0.3 is 0 Å². The van der Waals surface area contributed by atoms with Crippen LogP contribution in [0.5, 0.6) is 0 Å². The Morgan fingerprint density at radius 3 is 1.46 bits per heavy atom. The van der Waals surface area contributed by atoms with Crippen molar-refractivity contribution in [3.05, 3.63) is 36.5 Å². The molecule has 0 radical (unpaired) electrons. The topological polar surface area (TPSA) is 0 Å². The number of hydrogen-bond donors (Lipinski definition) is 0. The first kappa shape index (κ1) is 10.3. The van der Waals surface area contributed by atoms with E-state index < -0.39 is 0 Å². The largest absolute Gasteiger partial charge is 0.0845 e. The summed E-state index contributed by atoms with van der Waals surface area (Å²) in [5.41, 5.74) is 0. The molecule has 1 aliphatic carbocycles. The highest BCUT2D eigenvalue weighted by molar-refractivity contribution is 5.10. The lowest BCUT2D eigenvalue weighted by Crippen LogP contribution is -1.77. The molecule has 1 rings (SSSR count). The van der Waals surface area contributed by atoms with E-state index in [-0.39, 0.29) is 0 Å². The Morgan fingerprint density at radius 2 is 0.923 bits per heavy atom. The summed E-state index contributed by atoms with van der Waals surface area (Å²) in [6, 6.07) is 0. The maximum atomic E-state index is 2.27. The van der Waals surface area contributed by atoms with Crippen LogP contribution in [0.4, 0.5) is 0 Å². The van der Waals surface area contributed by atoms with E-state index in [1.54, 1.807) is 0 Å². The molecule has 13 heavy (non-hydrogen) atoms. The molecule has 1 aliphatic rings. The Labute approximate surface area is 82.0 Å². The molecule has 0 amide bonds. The first-order valence-electron chi connectivity index (χ1n) is 5.48. The Balaban J connectivity index is 2.29. The Hall–Kier alpha value is -0.780. The molecule has 0 saturated carbocycles. The molecule has 0 heterocycles. The van der Waals surface area contributed by atoms with Crippen LogP contribution in [0.1, 0.15) is 44.9 Å². The third-order valence-corrected chi connectivity index (χ3v) is 2.35. The van der Waals surface area contributed by atoms with E-state index in [0.717, 1.165) is 0 Å². The summed E-state index contributed by atoms with van der Waals surface area (Å²) in [6.45, 7) is 0. The third kappa shape index (κ3) is 6.39. The lowest BCUT2D eigenvalue weighted by atomic mass is 10.1. The second-order valence-corrected chi connectivity index (χ2v) is 3.59. The molecule has 0 aromatic carbocycles. The van der Waals surface area contributed by atoms with Crippen LogP contribution in [-0.2, 0) is 0 Å². The van der Waals surface area contributed by atoms with E-state index in [1.807, 2.05) is 0 Å². The monoisotopic (exact) mass is 176 g/mol. The van der Waals surface area contributed by atoms with Crippen molar-refractivity contribution in [1.29, 1.82) is 0 Å². The zero-order valence-electron chi connectivity index (χ0n) is 8.41. The Kier molecular flexibility index (Phi) is 6.22. The predicted molar refractivity (Wildman–Crippen MR) is 59.7 cm³/mol. The highest BCUT2D eigenvalue weighted by Crippen LogP contribution is 2.08. The van der Waals surface area contributed by atoms with Crippen molar-refractivity contribution in [1.82, 2.24) is 0 Å². The molecule has 0 spiro atoms. The summed E-state index contributed by atoms with van der Waals surface area (Å²) < 4.78 is 0. The Bertz CT molecular complexity index is 164. The highest BCUT2D eigenvalue weighted by Gasteiger charge is 1.88. The van der Waals surface area contributed by atoms with E-state index in [1.165, 1.54) is 44.9 Å². The number of hydrogen-bond acceptors (Lipinski definition) is 0. The van der Waals surface area contributed by atoms with Crippen LogP contribution in [0.3, 0.4) is 0 Å². The van der Waals surface area contributed by atoms with Crippen LogP contribution in [0, 0.1) is 0 Å². The van der Waals surface area contributed by atoms with Gasteiger partial charge >= 0.3 is 0 Å². The van der Waals surface area contributed by atoms with Gasteiger partial charge in [-0.05, 0) is 25.7 Å². The second kappa shape index (κ2) is 7.85. The van der Waals surface area contributed by atoms with E-state index >= 15 is 0 Å². The molecular weight excluding hydrogens is 156 g/mol. The molecule has 0 aromatic rings. The van der Waals surface area contributed by atoms with E-state index in [9.17, 15) is 0 Å². The zero-order valence-corrected chi connectivity index (χ0v) is 8.41. The van der Waals surface area contributed by atoms with Gasteiger partial charge in [0.2, 0.25) is 0 Å². The van der Waals surface area contributed by atoms with Gasteiger partial charge in [0.25, 0.3) is 0 Å². The zero-order chi connectivity index (χ0) is 9.19. The van der Waals surface area contributed by atoms with Gasteiger partial charge in [0.15, 0.2) is 0 Å². The Morgan fingerprint density at radius 1 is 0.462 bits per heavy atom. The quantitative estimate of drug-likeness (QED) is 0.513. The molecule has 0 fully saturated rings. The van der Waals surface area contributed by atoms with Gasteiger partial charge in [0.05, 0.1) is 0 Å². The third-order valence-electron chi connectivity index (χ3n) is 2.35. The van der Waals surface area contributed by atoms with Gasteiger partial charge in [-0.3, -0.25) is 0 Å². The minimum atomic E-state index is 1.24. The van der Waals surface area contributed by atoms with Crippen molar-refractivity contribution < 1.29 is 0 Å².